The van der Waals surface area contributed by atoms with Crippen LogP contribution >= 0.6 is 11.6 Å². The van der Waals surface area contributed by atoms with E-state index in [1.807, 2.05) is 0 Å². The summed E-state index contributed by atoms with van der Waals surface area (Å²) in [6.45, 7) is 0. The van der Waals surface area contributed by atoms with E-state index >= 15 is 0 Å². The molecule has 2 fully saturated rings. The third kappa shape index (κ3) is 2.19. The van der Waals surface area contributed by atoms with Crippen LogP contribution in [0.2, 0.25) is 5.02 Å². The van der Waals surface area contributed by atoms with Crippen LogP contribution in [0.15, 0.2) is 18.2 Å². The molecule has 0 bridgehead atoms. The normalized spacial score (nSPS) is 25.1. The Morgan fingerprint density at radius 3 is 2.19 bits per heavy atom. The Morgan fingerprint density at radius 2 is 1.71 bits per heavy atom. The van der Waals surface area contributed by atoms with Gasteiger partial charge in [0.05, 0.1) is 27.5 Å². The first-order valence-corrected chi connectivity index (χ1v) is 7.20. The van der Waals surface area contributed by atoms with Crippen molar-refractivity contribution in [2.75, 3.05) is 4.90 Å². The summed E-state index contributed by atoms with van der Waals surface area (Å²) < 4.78 is 0. The lowest BCUT2D eigenvalue weighted by Crippen LogP contribution is -2.31. The molecule has 7 heteroatoms. The van der Waals surface area contributed by atoms with Crippen LogP contribution in [-0.4, -0.2) is 16.7 Å². The molecular weight excluding hydrogens is 296 g/mol. The van der Waals surface area contributed by atoms with Crippen molar-refractivity contribution in [2.45, 2.75) is 25.7 Å². The molecule has 1 aliphatic carbocycles. The van der Waals surface area contributed by atoms with E-state index < -0.39 is 4.92 Å². The van der Waals surface area contributed by atoms with Crippen molar-refractivity contribution in [3.63, 3.8) is 0 Å². The van der Waals surface area contributed by atoms with Crippen LogP contribution in [0.1, 0.15) is 25.7 Å². The van der Waals surface area contributed by atoms with Crippen molar-refractivity contribution in [3.8, 4) is 0 Å². The number of halogens is 1. The first-order chi connectivity index (χ1) is 10.0. The predicted molar refractivity (Wildman–Crippen MR) is 76.0 cm³/mol. The number of carbonyl (C=O) groups excluding carboxylic acids is 2. The van der Waals surface area contributed by atoms with Gasteiger partial charge in [-0.05, 0) is 18.9 Å². The summed E-state index contributed by atoms with van der Waals surface area (Å²) >= 11 is 6.03. The molecule has 1 heterocycles. The second kappa shape index (κ2) is 5.11. The second-order valence-electron chi connectivity index (χ2n) is 5.40. The molecule has 110 valence electrons. The van der Waals surface area contributed by atoms with E-state index in [4.69, 9.17) is 11.6 Å². The lowest BCUT2D eigenvalue weighted by atomic mass is 9.81. The molecule has 1 saturated carbocycles. The Bertz CT molecular complexity index is 622. The fourth-order valence-corrected chi connectivity index (χ4v) is 3.45. The summed E-state index contributed by atoms with van der Waals surface area (Å²) in [6, 6.07) is 3.79. The zero-order valence-electron chi connectivity index (χ0n) is 11.1. The lowest BCUT2D eigenvalue weighted by Gasteiger charge is -2.19. The number of imide groups is 1. The van der Waals surface area contributed by atoms with Gasteiger partial charge in [0.25, 0.3) is 5.69 Å². The topological polar surface area (TPSA) is 80.5 Å². The number of amides is 2. The highest BCUT2D eigenvalue weighted by Crippen LogP contribution is 2.42. The van der Waals surface area contributed by atoms with E-state index in [0.29, 0.717) is 0 Å². The molecule has 0 unspecified atom stereocenters. The smallest absolute Gasteiger partial charge is 0.271 e. The Kier molecular flexibility index (Phi) is 3.41. The average molecular weight is 309 g/mol. The minimum Gasteiger partial charge on any atom is -0.274 e. The number of nitro groups is 1. The zero-order chi connectivity index (χ0) is 15.1. The van der Waals surface area contributed by atoms with Crippen molar-refractivity contribution < 1.29 is 14.5 Å². The second-order valence-corrected chi connectivity index (χ2v) is 5.81. The van der Waals surface area contributed by atoms with Crippen LogP contribution in [0.4, 0.5) is 11.4 Å². The van der Waals surface area contributed by atoms with Crippen molar-refractivity contribution in [1.82, 2.24) is 0 Å². The molecule has 21 heavy (non-hydrogen) atoms. The van der Waals surface area contributed by atoms with Gasteiger partial charge in [-0.1, -0.05) is 24.4 Å². The quantitative estimate of drug-likeness (QED) is 0.478. The summed E-state index contributed by atoms with van der Waals surface area (Å²) in [6.07, 6.45) is 3.33. The number of hydrogen-bond donors (Lipinski definition) is 0. The number of benzene rings is 1. The van der Waals surface area contributed by atoms with E-state index in [1.54, 1.807) is 0 Å². The highest BCUT2D eigenvalue weighted by molar-refractivity contribution is 6.36. The Morgan fingerprint density at radius 1 is 1.14 bits per heavy atom. The number of nitrogens with zero attached hydrogens (tertiary/aromatic N) is 2. The standard InChI is InChI=1S/C14H13ClN2O4/c15-11-7-8(17(20)21)5-6-12(11)16-13(18)9-3-1-2-4-10(9)14(16)19/h5-7,9-10H,1-4H2/t9-,10-/m0/s1. The maximum absolute atomic E-state index is 12.4. The monoisotopic (exact) mass is 308 g/mol. The molecule has 2 aliphatic rings. The van der Waals surface area contributed by atoms with Crippen LogP contribution in [0.25, 0.3) is 0 Å². The summed E-state index contributed by atoms with van der Waals surface area (Å²) in [5.74, 6) is -1.00. The van der Waals surface area contributed by atoms with E-state index in [-0.39, 0.29) is 40.0 Å². The van der Waals surface area contributed by atoms with E-state index in [9.17, 15) is 19.7 Å². The van der Waals surface area contributed by atoms with Crippen molar-refractivity contribution in [2.24, 2.45) is 11.8 Å². The molecule has 6 nitrogen and oxygen atoms in total. The van der Waals surface area contributed by atoms with Gasteiger partial charge in [0.1, 0.15) is 0 Å². The van der Waals surface area contributed by atoms with Gasteiger partial charge < -0.3 is 0 Å². The molecule has 0 aromatic heterocycles. The number of hydrogen-bond acceptors (Lipinski definition) is 4. The third-order valence-corrected chi connectivity index (χ3v) is 4.53. The number of fused-ring (bicyclic) bond motifs is 1. The Labute approximate surface area is 125 Å². The number of nitro benzene ring substituents is 1. The fourth-order valence-electron chi connectivity index (χ4n) is 3.19. The van der Waals surface area contributed by atoms with E-state index in [1.165, 1.54) is 18.2 Å². The molecule has 0 spiro atoms. The zero-order valence-corrected chi connectivity index (χ0v) is 11.9. The van der Waals surface area contributed by atoms with Gasteiger partial charge in [-0.2, -0.15) is 0 Å². The van der Waals surface area contributed by atoms with Gasteiger partial charge in [0, 0.05) is 12.1 Å². The van der Waals surface area contributed by atoms with Gasteiger partial charge in [-0.3, -0.25) is 19.7 Å². The molecule has 1 saturated heterocycles. The van der Waals surface area contributed by atoms with Gasteiger partial charge in [0.2, 0.25) is 11.8 Å². The summed E-state index contributed by atoms with van der Waals surface area (Å²) in [5, 5.41) is 10.8. The number of rotatable bonds is 2. The highest BCUT2D eigenvalue weighted by atomic mass is 35.5. The van der Waals surface area contributed by atoms with Crippen LogP contribution in [0, 0.1) is 22.0 Å². The summed E-state index contributed by atoms with van der Waals surface area (Å²) in [5.41, 5.74) is 0.0759. The minimum absolute atomic E-state index is 0.0459. The molecule has 1 aromatic carbocycles. The largest absolute Gasteiger partial charge is 0.274 e. The van der Waals surface area contributed by atoms with Gasteiger partial charge in [0.15, 0.2) is 0 Å². The molecule has 1 aliphatic heterocycles. The summed E-state index contributed by atoms with van der Waals surface area (Å²) in [7, 11) is 0. The first-order valence-electron chi connectivity index (χ1n) is 6.82. The first kappa shape index (κ1) is 14.0. The maximum Gasteiger partial charge on any atom is 0.271 e. The molecule has 1 aromatic rings. The minimum atomic E-state index is -0.566. The van der Waals surface area contributed by atoms with Crippen molar-refractivity contribution >= 4 is 34.8 Å². The Hall–Kier alpha value is -1.95. The van der Waals surface area contributed by atoms with Gasteiger partial charge in [-0.25, -0.2) is 4.90 Å². The predicted octanol–water partition coefficient (Wildman–Crippen LogP) is 2.93. The van der Waals surface area contributed by atoms with Crippen LogP contribution in [0.5, 0.6) is 0 Å². The van der Waals surface area contributed by atoms with Crippen LogP contribution < -0.4 is 4.90 Å². The highest BCUT2D eigenvalue weighted by Gasteiger charge is 2.49. The molecule has 2 atom stereocenters. The number of anilines is 1. The lowest BCUT2D eigenvalue weighted by molar-refractivity contribution is -0.384. The number of carbonyl (C=O) groups is 2. The molecule has 0 radical (unpaired) electrons. The van der Waals surface area contributed by atoms with Gasteiger partial charge >= 0.3 is 0 Å². The van der Waals surface area contributed by atoms with Gasteiger partial charge in [-0.15, -0.1) is 0 Å². The molecule has 3 rings (SSSR count). The van der Waals surface area contributed by atoms with Crippen LogP contribution in [-0.2, 0) is 9.59 Å². The molecule has 0 N–H and O–H groups in total. The fraction of sp³-hybridized carbons (Fsp3) is 0.429. The van der Waals surface area contributed by atoms with Crippen molar-refractivity contribution in [1.29, 1.82) is 0 Å². The Balaban J connectivity index is 1.98. The summed E-state index contributed by atoms with van der Waals surface area (Å²) in [4.78, 5) is 36.1. The molecular formula is C14H13ClN2O4. The number of non-ortho nitro benzene ring substituents is 1. The van der Waals surface area contributed by atoms with E-state index in [0.717, 1.165) is 30.6 Å². The average Bonchev–Trinajstić information content (AvgIpc) is 2.72. The molecule has 2 amide bonds. The maximum atomic E-state index is 12.4. The van der Waals surface area contributed by atoms with Crippen molar-refractivity contribution in [3.05, 3.63) is 33.3 Å². The van der Waals surface area contributed by atoms with Crippen LogP contribution in [0.3, 0.4) is 0 Å². The van der Waals surface area contributed by atoms with E-state index in [2.05, 4.69) is 0 Å². The SMILES string of the molecule is O=C1[C@H]2CCCC[C@@H]2C(=O)N1c1ccc([N+](=O)[O-])cc1Cl. The third-order valence-electron chi connectivity index (χ3n) is 4.22.